The Morgan fingerprint density at radius 1 is 1.16 bits per heavy atom. The van der Waals surface area contributed by atoms with E-state index in [0.717, 1.165) is 11.1 Å². The van der Waals surface area contributed by atoms with Crippen LogP contribution in [-0.2, 0) is 9.84 Å². The average Bonchev–Trinajstić information content (AvgIpc) is 2.63. The summed E-state index contributed by atoms with van der Waals surface area (Å²) in [6.07, 6.45) is 1.19. The van der Waals surface area contributed by atoms with Gasteiger partial charge in [-0.25, -0.2) is 8.42 Å². The number of benzene rings is 2. The van der Waals surface area contributed by atoms with Crippen LogP contribution in [0.15, 0.2) is 35.2 Å². The van der Waals surface area contributed by atoms with Crippen molar-refractivity contribution in [3.8, 4) is 0 Å². The molecular formula is C14H13NO3S. The number of hydrogen-bond acceptors (Lipinski definition) is 3. The summed E-state index contributed by atoms with van der Waals surface area (Å²) >= 11 is 0. The highest BCUT2D eigenvalue weighted by Gasteiger charge is 2.30. The molecule has 0 aromatic heterocycles. The lowest BCUT2D eigenvalue weighted by molar-refractivity contribution is 0.0994. The first kappa shape index (κ1) is 12.2. The fourth-order valence-corrected chi connectivity index (χ4v) is 3.54. The van der Waals surface area contributed by atoms with E-state index in [1.807, 2.05) is 13.0 Å². The second-order valence-corrected chi connectivity index (χ2v) is 6.62. The maximum Gasteiger partial charge on any atom is 0.258 e. The van der Waals surface area contributed by atoms with E-state index in [1.165, 1.54) is 12.3 Å². The highest BCUT2D eigenvalue weighted by atomic mass is 32.2. The molecule has 2 aromatic rings. The summed E-state index contributed by atoms with van der Waals surface area (Å²) in [7, 11) is -3.31. The molecule has 1 heterocycles. The topological polar surface area (TPSA) is 54.5 Å². The molecule has 0 saturated carbocycles. The molecule has 3 rings (SSSR count). The van der Waals surface area contributed by atoms with Gasteiger partial charge < -0.3 is 4.90 Å². The van der Waals surface area contributed by atoms with Crippen LogP contribution < -0.4 is 4.90 Å². The Morgan fingerprint density at radius 2 is 1.89 bits per heavy atom. The van der Waals surface area contributed by atoms with Crippen LogP contribution >= 0.6 is 0 Å². The van der Waals surface area contributed by atoms with Gasteiger partial charge in [-0.15, -0.1) is 0 Å². The second-order valence-electron chi connectivity index (χ2n) is 4.63. The van der Waals surface area contributed by atoms with Crippen molar-refractivity contribution in [3.63, 3.8) is 0 Å². The Bertz CT molecular complexity index is 809. The molecule has 0 bridgehead atoms. The summed E-state index contributed by atoms with van der Waals surface area (Å²) in [5, 5.41) is 1.37. The molecule has 0 spiro atoms. The molecule has 0 radical (unpaired) electrons. The Balaban J connectivity index is 2.48. The van der Waals surface area contributed by atoms with Crippen LogP contribution in [0.3, 0.4) is 0 Å². The molecule has 0 aliphatic carbocycles. The van der Waals surface area contributed by atoms with E-state index in [2.05, 4.69) is 0 Å². The van der Waals surface area contributed by atoms with Crippen LogP contribution in [0, 0.1) is 0 Å². The molecule has 1 aliphatic heterocycles. The molecule has 0 atom stereocenters. The molecule has 1 amide bonds. The van der Waals surface area contributed by atoms with Crippen LogP contribution in [-0.4, -0.2) is 27.1 Å². The van der Waals surface area contributed by atoms with Crippen molar-refractivity contribution in [1.29, 1.82) is 0 Å². The fourth-order valence-electron chi connectivity index (χ4n) is 2.66. The van der Waals surface area contributed by atoms with Gasteiger partial charge in [-0.05, 0) is 25.1 Å². The molecule has 98 valence electrons. The predicted octanol–water partition coefficient (Wildman–Crippen LogP) is 2.22. The average molecular weight is 275 g/mol. The molecule has 2 aromatic carbocycles. The molecule has 4 nitrogen and oxygen atoms in total. The van der Waals surface area contributed by atoms with Crippen molar-refractivity contribution in [2.24, 2.45) is 0 Å². The number of sulfone groups is 1. The van der Waals surface area contributed by atoms with Crippen molar-refractivity contribution in [3.05, 3.63) is 35.9 Å². The third-order valence-corrected chi connectivity index (χ3v) is 4.62. The lowest BCUT2D eigenvalue weighted by Crippen LogP contribution is -2.25. The smallest absolute Gasteiger partial charge is 0.258 e. The zero-order valence-electron chi connectivity index (χ0n) is 10.7. The van der Waals surface area contributed by atoms with Crippen LogP contribution in [0.5, 0.6) is 0 Å². The lowest BCUT2D eigenvalue weighted by atomic mass is 10.1. The molecular weight excluding hydrogens is 262 g/mol. The summed E-state index contributed by atoms with van der Waals surface area (Å²) in [6.45, 7) is 2.47. The summed E-state index contributed by atoms with van der Waals surface area (Å²) in [6, 6.07) is 8.53. The Labute approximate surface area is 111 Å². The quantitative estimate of drug-likeness (QED) is 0.844. The Morgan fingerprint density at radius 3 is 2.53 bits per heavy atom. The first-order valence-electron chi connectivity index (χ1n) is 6.03. The van der Waals surface area contributed by atoms with Gasteiger partial charge in [-0.3, -0.25) is 4.79 Å². The Hall–Kier alpha value is -1.88. The molecule has 0 fully saturated rings. The van der Waals surface area contributed by atoms with Crippen molar-refractivity contribution in [2.45, 2.75) is 11.8 Å². The van der Waals surface area contributed by atoms with E-state index < -0.39 is 9.84 Å². The molecule has 0 N–H and O–H groups in total. The van der Waals surface area contributed by atoms with Gasteiger partial charge in [-0.1, -0.05) is 12.1 Å². The predicted molar refractivity (Wildman–Crippen MR) is 74.4 cm³/mol. The van der Waals surface area contributed by atoms with Gasteiger partial charge in [0, 0.05) is 29.1 Å². The number of anilines is 1. The largest absolute Gasteiger partial charge is 0.308 e. The highest BCUT2D eigenvalue weighted by Crippen LogP contribution is 2.39. The van der Waals surface area contributed by atoms with Crippen LogP contribution in [0.4, 0.5) is 5.69 Å². The van der Waals surface area contributed by atoms with Crippen molar-refractivity contribution in [2.75, 3.05) is 17.7 Å². The van der Waals surface area contributed by atoms with Crippen LogP contribution in [0.1, 0.15) is 17.3 Å². The van der Waals surface area contributed by atoms with Gasteiger partial charge in [0.1, 0.15) is 0 Å². The lowest BCUT2D eigenvalue weighted by Gasteiger charge is -2.14. The number of amides is 1. The van der Waals surface area contributed by atoms with E-state index in [0.29, 0.717) is 17.5 Å². The third kappa shape index (κ3) is 1.58. The van der Waals surface area contributed by atoms with Gasteiger partial charge in [-0.2, -0.15) is 0 Å². The SMILES string of the molecule is CCN1C(=O)c2ccc(S(C)(=O)=O)c3cccc1c23. The normalized spacial score (nSPS) is 14.4. The summed E-state index contributed by atoms with van der Waals surface area (Å²) in [4.78, 5) is 14.2. The number of carbonyl (C=O) groups excluding carboxylic acids is 1. The van der Waals surface area contributed by atoms with Gasteiger partial charge in [0.25, 0.3) is 5.91 Å². The number of rotatable bonds is 2. The van der Waals surface area contributed by atoms with Gasteiger partial charge in [0.2, 0.25) is 0 Å². The summed E-state index contributed by atoms with van der Waals surface area (Å²) < 4.78 is 23.6. The van der Waals surface area contributed by atoms with Crippen molar-refractivity contribution in [1.82, 2.24) is 0 Å². The Kier molecular flexibility index (Phi) is 2.44. The number of hydrogen-bond donors (Lipinski definition) is 0. The standard InChI is InChI=1S/C14H13NO3S/c1-3-15-11-6-4-5-9-12(19(2,17)18)8-7-10(13(9)11)14(15)16/h4-8H,3H2,1-2H3. The van der Waals surface area contributed by atoms with Gasteiger partial charge in [0.15, 0.2) is 9.84 Å². The monoisotopic (exact) mass is 275 g/mol. The number of carbonyl (C=O) groups is 1. The minimum atomic E-state index is -3.31. The molecule has 0 unspecified atom stereocenters. The van der Waals surface area contributed by atoms with Gasteiger partial charge in [0.05, 0.1) is 10.6 Å². The molecule has 19 heavy (non-hydrogen) atoms. The molecule has 0 saturated heterocycles. The maximum absolute atomic E-state index is 12.2. The first-order valence-corrected chi connectivity index (χ1v) is 7.92. The summed E-state index contributed by atoms with van der Waals surface area (Å²) in [5.41, 5.74) is 1.38. The van der Waals surface area contributed by atoms with E-state index in [-0.39, 0.29) is 10.8 Å². The summed E-state index contributed by atoms with van der Waals surface area (Å²) in [5.74, 6) is -0.0613. The second kappa shape index (κ2) is 3.81. The van der Waals surface area contributed by atoms with Gasteiger partial charge >= 0.3 is 0 Å². The number of nitrogens with zero attached hydrogens (tertiary/aromatic N) is 1. The van der Waals surface area contributed by atoms with E-state index in [4.69, 9.17) is 0 Å². The minimum Gasteiger partial charge on any atom is -0.308 e. The van der Waals surface area contributed by atoms with Crippen molar-refractivity contribution >= 4 is 32.2 Å². The molecule has 5 heteroatoms. The third-order valence-electron chi connectivity index (χ3n) is 3.46. The highest BCUT2D eigenvalue weighted by molar-refractivity contribution is 7.91. The maximum atomic E-state index is 12.2. The zero-order chi connectivity index (χ0) is 13.8. The first-order chi connectivity index (χ1) is 8.95. The van der Waals surface area contributed by atoms with E-state index in [9.17, 15) is 13.2 Å². The van der Waals surface area contributed by atoms with Crippen LogP contribution in [0.25, 0.3) is 10.8 Å². The fraction of sp³-hybridized carbons (Fsp3) is 0.214. The minimum absolute atomic E-state index is 0.0613. The van der Waals surface area contributed by atoms with Crippen LogP contribution in [0.2, 0.25) is 0 Å². The van der Waals surface area contributed by atoms with E-state index in [1.54, 1.807) is 23.1 Å². The zero-order valence-corrected chi connectivity index (χ0v) is 11.5. The van der Waals surface area contributed by atoms with E-state index >= 15 is 0 Å². The molecule has 1 aliphatic rings. The van der Waals surface area contributed by atoms with Crippen molar-refractivity contribution < 1.29 is 13.2 Å².